The van der Waals surface area contributed by atoms with Crippen molar-refractivity contribution in [2.75, 3.05) is 9.80 Å². The summed E-state index contributed by atoms with van der Waals surface area (Å²) >= 11 is 0. The van der Waals surface area contributed by atoms with Crippen molar-refractivity contribution >= 4 is 55.7 Å². The quantitative estimate of drug-likeness (QED) is 0.174. The third-order valence-corrected chi connectivity index (χ3v) is 15.0. The lowest BCUT2D eigenvalue weighted by Crippen LogP contribution is -2.11. The molecule has 2 heterocycles. The predicted octanol–water partition coefficient (Wildman–Crippen LogP) is 19.2. The molecule has 0 unspecified atom stereocenters. The average Bonchev–Trinajstić information content (AvgIpc) is 3.61. The summed E-state index contributed by atoms with van der Waals surface area (Å²) in [6, 6.07) is 94.6. The van der Waals surface area contributed by atoms with Gasteiger partial charge in [0.25, 0.3) is 0 Å². The molecule has 0 saturated carbocycles. The Morgan fingerprint density at radius 1 is 0.214 bits per heavy atom. The Kier molecular flexibility index (Phi) is 8.39. The van der Waals surface area contributed by atoms with Crippen LogP contribution in [0, 0.1) is 0 Å². The van der Waals surface area contributed by atoms with Gasteiger partial charge in [0.2, 0.25) is 0 Å². The van der Waals surface area contributed by atoms with Gasteiger partial charge in [-0.1, -0.05) is 206 Å². The maximum atomic E-state index is 2.48. The van der Waals surface area contributed by atoms with Gasteiger partial charge in [-0.3, -0.25) is 0 Å². The average molecular weight is 887 g/mol. The molecule has 15 rings (SSSR count). The summed E-state index contributed by atoms with van der Waals surface area (Å²) in [7, 11) is 0. The van der Waals surface area contributed by atoms with Crippen molar-refractivity contribution in [3.8, 4) is 89.0 Å². The van der Waals surface area contributed by atoms with Gasteiger partial charge in [0.15, 0.2) is 0 Å². The third-order valence-electron chi connectivity index (χ3n) is 15.0. The van der Waals surface area contributed by atoms with E-state index in [1.165, 1.54) is 111 Å². The van der Waals surface area contributed by atoms with Crippen LogP contribution in [0.1, 0.15) is 0 Å². The zero-order chi connectivity index (χ0) is 45.9. The van der Waals surface area contributed by atoms with E-state index in [0.717, 1.165) is 34.1 Å². The molecule has 0 aromatic heterocycles. The molecule has 2 aliphatic heterocycles. The van der Waals surface area contributed by atoms with E-state index < -0.39 is 0 Å². The van der Waals surface area contributed by atoms with Crippen molar-refractivity contribution in [2.24, 2.45) is 0 Å². The summed E-state index contributed by atoms with van der Waals surface area (Å²) < 4.78 is 0. The molecule has 3 aliphatic rings. The first-order valence-corrected chi connectivity index (χ1v) is 24.3. The highest BCUT2D eigenvalue weighted by Gasteiger charge is 2.33. The molecule has 70 heavy (non-hydrogen) atoms. The summed E-state index contributed by atoms with van der Waals surface area (Å²) in [5.41, 5.74) is 26.8. The fourth-order valence-electron chi connectivity index (χ4n) is 12.2. The molecule has 0 bridgehead atoms. The Bertz CT molecular complexity index is 3760. The number of para-hydroxylation sites is 4. The molecule has 0 amide bonds. The summed E-state index contributed by atoms with van der Waals surface area (Å²) in [5.74, 6) is 0. The Labute approximate surface area is 407 Å². The first kappa shape index (κ1) is 38.8. The second-order valence-corrected chi connectivity index (χ2v) is 18.7. The molecule has 0 N–H and O–H groups in total. The van der Waals surface area contributed by atoms with E-state index in [-0.39, 0.29) is 0 Å². The van der Waals surface area contributed by atoms with Crippen LogP contribution in [-0.4, -0.2) is 0 Å². The fraction of sp³-hybridized carbons (Fsp3) is 0. The van der Waals surface area contributed by atoms with E-state index in [1.807, 2.05) is 0 Å². The largest absolute Gasteiger partial charge is 0.309 e. The summed E-state index contributed by atoms with van der Waals surface area (Å²) in [6.45, 7) is 0. The van der Waals surface area contributed by atoms with Crippen LogP contribution in [0.25, 0.3) is 111 Å². The standard InChI is InChI=1S/C68H42N2/c1-2-26-49-48(25-1)52-29-7-11-37-60(52)69(61-38-12-8-30-53(49)61)46-23-15-21-44(41-46)65-56-33-5-6-34-57(56)66(68-59-36-18-20-43-19-17-35-58(64(43)59)67(65)68)45-22-16-24-47(42-45)70-62-39-13-9-31-54(62)50-27-3-4-28-51(50)55-32-10-14-40-63(55)70/h1-42H. The van der Waals surface area contributed by atoms with Crippen LogP contribution in [0.15, 0.2) is 255 Å². The van der Waals surface area contributed by atoms with Gasteiger partial charge in [-0.2, -0.15) is 0 Å². The van der Waals surface area contributed by atoms with Crippen molar-refractivity contribution in [3.05, 3.63) is 255 Å². The minimum atomic E-state index is 1.12. The Balaban J connectivity index is 0.983. The highest BCUT2D eigenvalue weighted by molar-refractivity contribution is 6.28. The predicted molar refractivity (Wildman–Crippen MR) is 295 cm³/mol. The van der Waals surface area contributed by atoms with E-state index in [4.69, 9.17) is 0 Å². The van der Waals surface area contributed by atoms with Crippen LogP contribution < -0.4 is 9.80 Å². The van der Waals surface area contributed by atoms with Gasteiger partial charge in [0.1, 0.15) is 0 Å². The van der Waals surface area contributed by atoms with Gasteiger partial charge < -0.3 is 9.80 Å². The van der Waals surface area contributed by atoms with E-state index in [0.29, 0.717) is 0 Å². The summed E-state index contributed by atoms with van der Waals surface area (Å²) in [6.07, 6.45) is 0. The molecular formula is C68H42N2. The van der Waals surface area contributed by atoms with E-state index >= 15 is 0 Å². The smallest absolute Gasteiger partial charge is 0.0540 e. The summed E-state index contributed by atoms with van der Waals surface area (Å²) in [4.78, 5) is 4.95. The molecule has 0 atom stereocenters. The second kappa shape index (κ2) is 15.1. The molecule has 12 aromatic rings. The Morgan fingerprint density at radius 3 is 0.886 bits per heavy atom. The topological polar surface area (TPSA) is 6.48 Å². The van der Waals surface area contributed by atoms with Crippen molar-refractivity contribution in [1.29, 1.82) is 0 Å². The minimum absolute atomic E-state index is 1.12. The maximum Gasteiger partial charge on any atom is 0.0540 e. The molecular weight excluding hydrogens is 845 g/mol. The SMILES string of the molecule is c1cc(-c2c3c(c(-c4cccc(N5c6ccccc6-c6ccccc6-c6ccccc65)c4)c4ccccc24)-c2cccc4cccc-3c24)cc(N2c3ccccc3-c3ccccc3-c3ccccc32)c1. The number of fused-ring (bicyclic) bond motifs is 14. The molecule has 324 valence electrons. The van der Waals surface area contributed by atoms with Crippen LogP contribution >= 0.6 is 0 Å². The van der Waals surface area contributed by atoms with Gasteiger partial charge in [0, 0.05) is 33.6 Å². The van der Waals surface area contributed by atoms with Gasteiger partial charge in [0.05, 0.1) is 22.7 Å². The number of nitrogens with zero attached hydrogens (tertiary/aromatic N) is 2. The molecule has 2 heteroatoms. The van der Waals surface area contributed by atoms with Crippen LogP contribution in [0.4, 0.5) is 34.1 Å². The molecule has 1 aliphatic carbocycles. The van der Waals surface area contributed by atoms with Gasteiger partial charge >= 0.3 is 0 Å². The van der Waals surface area contributed by atoms with Crippen LogP contribution in [-0.2, 0) is 0 Å². The fourth-order valence-corrected chi connectivity index (χ4v) is 12.2. The van der Waals surface area contributed by atoms with Gasteiger partial charge in [-0.15, -0.1) is 0 Å². The zero-order valence-electron chi connectivity index (χ0n) is 38.1. The number of hydrogen-bond acceptors (Lipinski definition) is 2. The van der Waals surface area contributed by atoms with Crippen LogP contribution in [0.2, 0.25) is 0 Å². The Hall–Kier alpha value is -9.24. The molecule has 0 saturated heterocycles. The van der Waals surface area contributed by atoms with E-state index in [9.17, 15) is 0 Å². The van der Waals surface area contributed by atoms with Crippen LogP contribution in [0.3, 0.4) is 0 Å². The van der Waals surface area contributed by atoms with Crippen molar-refractivity contribution < 1.29 is 0 Å². The highest BCUT2D eigenvalue weighted by Crippen LogP contribution is 2.59. The first-order valence-electron chi connectivity index (χ1n) is 24.3. The number of rotatable bonds is 4. The molecule has 2 nitrogen and oxygen atoms in total. The van der Waals surface area contributed by atoms with Crippen molar-refractivity contribution in [2.45, 2.75) is 0 Å². The lowest BCUT2D eigenvalue weighted by Gasteiger charge is -2.28. The number of hydrogen-bond donors (Lipinski definition) is 0. The molecule has 0 radical (unpaired) electrons. The Morgan fingerprint density at radius 2 is 0.514 bits per heavy atom. The van der Waals surface area contributed by atoms with E-state index in [2.05, 4.69) is 265 Å². The molecule has 12 aromatic carbocycles. The summed E-state index contributed by atoms with van der Waals surface area (Å²) in [5, 5.41) is 5.03. The van der Waals surface area contributed by atoms with Crippen molar-refractivity contribution in [3.63, 3.8) is 0 Å². The normalized spacial score (nSPS) is 12.5. The number of anilines is 6. The van der Waals surface area contributed by atoms with Crippen molar-refractivity contribution in [1.82, 2.24) is 0 Å². The van der Waals surface area contributed by atoms with Crippen LogP contribution in [0.5, 0.6) is 0 Å². The molecule has 0 fully saturated rings. The number of benzene rings is 12. The van der Waals surface area contributed by atoms with Gasteiger partial charge in [-0.25, -0.2) is 0 Å². The molecule has 0 spiro atoms. The second-order valence-electron chi connectivity index (χ2n) is 18.7. The monoisotopic (exact) mass is 886 g/mol. The first-order chi connectivity index (χ1) is 34.8. The van der Waals surface area contributed by atoms with E-state index in [1.54, 1.807) is 0 Å². The maximum absolute atomic E-state index is 2.48. The zero-order valence-corrected chi connectivity index (χ0v) is 38.1. The highest BCUT2D eigenvalue weighted by atomic mass is 15.2. The minimum Gasteiger partial charge on any atom is -0.309 e. The lowest BCUT2D eigenvalue weighted by molar-refractivity contribution is 1.29. The lowest BCUT2D eigenvalue weighted by atomic mass is 9.82. The van der Waals surface area contributed by atoms with Gasteiger partial charge in [-0.05, 0) is 137 Å². The third kappa shape index (κ3) is 5.56.